The monoisotopic (exact) mass is 578 g/mol. The third-order valence-corrected chi connectivity index (χ3v) is 5.66. The number of carbonyl (C=O) groups excluding carboxylic acids is 4. The minimum Gasteiger partial charge on any atom is -0.423 e. The van der Waals surface area contributed by atoms with Crippen LogP contribution in [-0.2, 0) is 19.2 Å². The number of rotatable bonds is 11. The fourth-order valence-electron chi connectivity index (χ4n) is 3.37. The summed E-state index contributed by atoms with van der Waals surface area (Å²) < 4.78 is 21.7. The van der Waals surface area contributed by atoms with Crippen molar-refractivity contribution in [2.45, 2.75) is 20.8 Å². The molecule has 0 aliphatic rings. The predicted octanol–water partition coefficient (Wildman–Crippen LogP) is 7.06. The number of hydrogen-bond acceptors (Lipinski definition) is 8. The van der Waals surface area contributed by atoms with Crippen LogP contribution in [0.5, 0.6) is 23.0 Å². The zero-order chi connectivity index (χ0) is 31.7. The summed E-state index contributed by atoms with van der Waals surface area (Å²) in [5.74, 6) is -1.48. The molecule has 3 rings (SSSR count). The lowest BCUT2D eigenvalue weighted by atomic mass is 10.0. The van der Waals surface area contributed by atoms with Crippen molar-refractivity contribution < 1.29 is 38.1 Å². The van der Waals surface area contributed by atoms with Gasteiger partial charge in [0.15, 0.2) is 0 Å². The summed E-state index contributed by atoms with van der Waals surface area (Å²) in [4.78, 5) is 48.4. The summed E-state index contributed by atoms with van der Waals surface area (Å²) in [5, 5.41) is 0. The maximum Gasteiger partial charge on any atom is 0.338 e. The first-order valence-corrected chi connectivity index (χ1v) is 12.9. The molecule has 0 atom stereocenters. The molecule has 8 heteroatoms. The Hall–Kier alpha value is -5.76. The van der Waals surface area contributed by atoms with Gasteiger partial charge >= 0.3 is 23.9 Å². The summed E-state index contributed by atoms with van der Waals surface area (Å²) in [6.45, 7) is 18.9. The number of ether oxygens (including phenoxy) is 4. The molecule has 0 N–H and O–H groups in total. The van der Waals surface area contributed by atoms with E-state index in [4.69, 9.17) is 18.9 Å². The van der Waals surface area contributed by atoms with Crippen molar-refractivity contribution >= 4 is 36.0 Å². The van der Waals surface area contributed by atoms with E-state index in [-0.39, 0.29) is 34.0 Å². The SMILES string of the molecule is C=CC(=O)Oc1cc(-c2ccc(OC(=O)C(=C)C)cc2)c(OC(=O)C(=C)C)cc1/C=C/c1ccc(OC(=O)C(=C)C)cc1. The van der Waals surface area contributed by atoms with Crippen LogP contribution in [-0.4, -0.2) is 23.9 Å². The average molecular weight is 579 g/mol. The molecule has 0 spiro atoms. The van der Waals surface area contributed by atoms with Gasteiger partial charge in [0.1, 0.15) is 23.0 Å². The summed E-state index contributed by atoms with van der Waals surface area (Å²) >= 11 is 0. The molecule has 0 aromatic heterocycles. The standard InChI is InChI=1S/C35H30O8/c1-8-32(36)42-30-20-29(25-13-17-28(18-14-25)41-34(38)22(4)5)31(43-35(39)23(6)7)19-26(30)12-9-24-10-15-27(16-11-24)40-33(37)21(2)3/h8-20H,1-2,4,6H2,3,5,7H3/b12-9+. The van der Waals surface area contributed by atoms with Crippen molar-refractivity contribution in [3.63, 3.8) is 0 Å². The molecule has 0 bridgehead atoms. The van der Waals surface area contributed by atoms with Gasteiger partial charge in [-0.3, -0.25) is 0 Å². The van der Waals surface area contributed by atoms with E-state index in [2.05, 4.69) is 26.3 Å². The molecule has 0 fully saturated rings. The van der Waals surface area contributed by atoms with E-state index >= 15 is 0 Å². The second-order valence-corrected chi connectivity index (χ2v) is 9.45. The Kier molecular flexibility index (Phi) is 10.5. The third kappa shape index (κ3) is 8.86. The van der Waals surface area contributed by atoms with E-state index in [9.17, 15) is 19.2 Å². The van der Waals surface area contributed by atoms with Crippen LogP contribution in [0, 0.1) is 0 Å². The smallest absolute Gasteiger partial charge is 0.338 e. The number of carbonyl (C=O) groups is 4. The van der Waals surface area contributed by atoms with Crippen LogP contribution >= 0.6 is 0 Å². The molecule has 43 heavy (non-hydrogen) atoms. The van der Waals surface area contributed by atoms with Gasteiger partial charge in [0.05, 0.1) is 0 Å². The fourth-order valence-corrected chi connectivity index (χ4v) is 3.37. The van der Waals surface area contributed by atoms with Gasteiger partial charge in [-0.2, -0.15) is 0 Å². The van der Waals surface area contributed by atoms with Crippen LogP contribution in [0.15, 0.2) is 110 Å². The fraction of sp³-hybridized carbons (Fsp3) is 0.0857. The van der Waals surface area contributed by atoms with Crippen LogP contribution in [0.25, 0.3) is 23.3 Å². The van der Waals surface area contributed by atoms with Crippen molar-refractivity contribution in [2.24, 2.45) is 0 Å². The van der Waals surface area contributed by atoms with Crippen LogP contribution in [0.4, 0.5) is 0 Å². The van der Waals surface area contributed by atoms with Crippen LogP contribution in [0.3, 0.4) is 0 Å². The first-order chi connectivity index (χ1) is 20.4. The van der Waals surface area contributed by atoms with E-state index in [0.717, 1.165) is 11.6 Å². The van der Waals surface area contributed by atoms with Crippen LogP contribution in [0.2, 0.25) is 0 Å². The molecule has 0 radical (unpaired) electrons. The molecule has 0 unspecified atom stereocenters. The molecule has 0 heterocycles. The van der Waals surface area contributed by atoms with Crippen molar-refractivity contribution in [1.82, 2.24) is 0 Å². The van der Waals surface area contributed by atoms with Gasteiger partial charge in [-0.15, -0.1) is 0 Å². The molecule has 3 aromatic carbocycles. The zero-order valence-corrected chi connectivity index (χ0v) is 24.1. The molecular weight excluding hydrogens is 548 g/mol. The van der Waals surface area contributed by atoms with E-state index in [0.29, 0.717) is 22.4 Å². The quantitative estimate of drug-likeness (QED) is 0.103. The maximum absolute atomic E-state index is 12.5. The van der Waals surface area contributed by atoms with E-state index in [1.165, 1.54) is 13.8 Å². The average Bonchev–Trinajstić information content (AvgIpc) is 2.97. The van der Waals surface area contributed by atoms with E-state index in [1.54, 1.807) is 79.7 Å². The third-order valence-electron chi connectivity index (χ3n) is 5.66. The second kappa shape index (κ2) is 14.2. The highest BCUT2D eigenvalue weighted by molar-refractivity contribution is 5.92. The summed E-state index contributed by atoms with van der Waals surface area (Å²) in [7, 11) is 0. The zero-order valence-electron chi connectivity index (χ0n) is 24.1. The molecule has 3 aromatic rings. The van der Waals surface area contributed by atoms with E-state index < -0.39 is 23.9 Å². The molecule has 8 nitrogen and oxygen atoms in total. The van der Waals surface area contributed by atoms with Gasteiger partial charge < -0.3 is 18.9 Å². The largest absolute Gasteiger partial charge is 0.423 e. The van der Waals surface area contributed by atoms with Crippen molar-refractivity contribution in [3.05, 3.63) is 121 Å². The van der Waals surface area contributed by atoms with Gasteiger partial charge in [0, 0.05) is 33.9 Å². The van der Waals surface area contributed by atoms with E-state index in [1.807, 2.05) is 0 Å². The minimum absolute atomic E-state index is 0.163. The van der Waals surface area contributed by atoms with Crippen LogP contribution < -0.4 is 18.9 Å². The molecule has 0 aliphatic heterocycles. The highest BCUT2D eigenvalue weighted by Gasteiger charge is 2.18. The molecule has 0 amide bonds. The number of hydrogen-bond donors (Lipinski definition) is 0. The summed E-state index contributed by atoms with van der Waals surface area (Å²) in [6.07, 6.45) is 4.43. The molecule has 0 saturated carbocycles. The molecular formula is C35H30O8. The lowest BCUT2D eigenvalue weighted by Gasteiger charge is -2.15. The molecule has 0 aliphatic carbocycles. The Morgan fingerprint density at radius 3 is 1.58 bits per heavy atom. The highest BCUT2D eigenvalue weighted by atomic mass is 16.5. The Morgan fingerprint density at radius 1 is 0.605 bits per heavy atom. The first kappa shape index (κ1) is 31.8. The Morgan fingerprint density at radius 2 is 1.09 bits per heavy atom. The van der Waals surface area contributed by atoms with Crippen molar-refractivity contribution in [2.75, 3.05) is 0 Å². The predicted molar refractivity (Wildman–Crippen MR) is 164 cm³/mol. The van der Waals surface area contributed by atoms with Gasteiger partial charge in [0.2, 0.25) is 0 Å². The Labute approximate surface area is 249 Å². The molecule has 218 valence electrons. The molecule has 0 saturated heterocycles. The summed E-state index contributed by atoms with van der Waals surface area (Å²) in [5.41, 5.74) is 2.84. The highest BCUT2D eigenvalue weighted by Crippen LogP contribution is 2.38. The van der Waals surface area contributed by atoms with Crippen LogP contribution in [0.1, 0.15) is 31.9 Å². The number of benzene rings is 3. The topological polar surface area (TPSA) is 105 Å². The van der Waals surface area contributed by atoms with Gasteiger partial charge in [-0.05, 0) is 68.3 Å². The van der Waals surface area contributed by atoms with Gasteiger partial charge in [-0.25, -0.2) is 19.2 Å². The number of esters is 4. The summed E-state index contributed by atoms with van der Waals surface area (Å²) in [6, 6.07) is 16.3. The Balaban J connectivity index is 2.06. The van der Waals surface area contributed by atoms with Gasteiger partial charge in [-0.1, -0.05) is 62.7 Å². The minimum atomic E-state index is -0.696. The first-order valence-electron chi connectivity index (χ1n) is 12.9. The normalized spacial score (nSPS) is 10.4. The van der Waals surface area contributed by atoms with Gasteiger partial charge in [0.25, 0.3) is 0 Å². The van der Waals surface area contributed by atoms with Crippen molar-refractivity contribution in [1.29, 1.82) is 0 Å². The second-order valence-electron chi connectivity index (χ2n) is 9.45. The van der Waals surface area contributed by atoms with Crippen molar-refractivity contribution in [3.8, 4) is 34.1 Å². The Bertz CT molecular complexity index is 1660. The lowest BCUT2D eigenvalue weighted by molar-refractivity contribution is -0.131. The lowest BCUT2D eigenvalue weighted by Crippen LogP contribution is -2.10. The maximum atomic E-state index is 12.5.